The summed E-state index contributed by atoms with van der Waals surface area (Å²) in [5.74, 6) is 1.60. The Bertz CT molecular complexity index is 532. The van der Waals surface area contributed by atoms with Crippen LogP contribution in [0.1, 0.15) is 55.0 Å². The molecule has 2 nitrogen and oxygen atoms in total. The molecule has 0 fully saturated rings. The first-order chi connectivity index (χ1) is 9.90. The van der Waals surface area contributed by atoms with Crippen molar-refractivity contribution in [2.75, 3.05) is 6.54 Å². The molecule has 0 amide bonds. The molecule has 20 heavy (non-hydrogen) atoms. The Morgan fingerprint density at radius 1 is 1.25 bits per heavy atom. The molecule has 1 aromatic carbocycles. The summed E-state index contributed by atoms with van der Waals surface area (Å²) in [4.78, 5) is 0. The zero-order chi connectivity index (χ0) is 13.8. The van der Waals surface area contributed by atoms with E-state index in [-0.39, 0.29) is 0 Å². The average molecular weight is 269 g/mol. The van der Waals surface area contributed by atoms with E-state index >= 15 is 0 Å². The molecular formula is C18H23NO. The molecule has 2 unspecified atom stereocenters. The second kappa shape index (κ2) is 6.27. The molecule has 2 atom stereocenters. The molecule has 1 N–H and O–H groups in total. The number of hydrogen-bond acceptors (Lipinski definition) is 2. The van der Waals surface area contributed by atoms with Gasteiger partial charge in [-0.3, -0.25) is 0 Å². The minimum atomic E-state index is 0.298. The lowest BCUT2D eigenvalue weighted by atomic mass is 9.78. The highest BCUT2D eigenvalue weighted by molar-refractivity contribution is 5.34. The first-order valence-corrected chi connectivity index (χ1v) is 7.74. The van der Waals surface area contributed by atoms with E-state index in [0.29, 0.717) is 12.0 Å². The normalized spacial score (nSPS) is 19.6. The molecule has 0 saturated heterocycles. The fourth-order valence-electron chi connectivity index (χ4n) is 3.35. The predicted molar refractivity (Wildman–Crippen MR) is 81.9 cm³/mol. The van der Waals surface area contributed by atoms with Gasteiger partial charge in [0.1, 0.15) is 5.76 Å². The maximum absolute atomic E-state index is 5.70. The Balaban J connectivity index is 1.92. The number of furan rings is 1. The first kappa shape index (κ1) is 13.4. The molecule has 2 heteroatoms. The molecule has 1 aliphatic rings. The van der Waals surface area contributed by atoms with E-state index in [1.807, 2.05) is 6.07 Å². The number of nitrogens with one attached hydrogen (secondary N) is 1. The molecule has 0 saturated carbocycles. The van der Waals surface area contributed by atoms with Crippen molar-refractivity contribution in [3.05, 3.63) is 59.5 Å². The number of aryl methyl sites for hydroxylation is 1. The first-order valence-electron chi connectivity index (χ1n) is 7.74. The predicted octanol–water partition coefficient (Wildman–Crippen LogP) is 4.44. The summed E-state index contributed by atoms with van der Waals surface area (Å²) in [5.41, 5.74) is 3.02. The summed E-state index contributed by atoms with van der Waals surface area (Å²) in [6.45, 7) is 3.24. The van der Waals surface area contributed by atoms with Crippen LogP contribution < -0.4 is 5.32 Å². The molecule has 0 aliphatic heterocycles. The third-order valence-corrected chi connectivity index (χ3v) is 4.28. The molecule has 3 rings (SSSR count). The highest BCUT2D eigenvalue weighted by Gasteiger charge is 2.29. The Morgan fingerprint density at radius 3 is 2.95 bits per heavy atom. The largest absolute Gasteiger partial charge is 0.468 e. The fraction of sp³-hybridized carbons (Fsp3) is 0.444. The van der Waals surface area contributed by atoms with Gasteiger partial charge in [-0.15, -0.1) is 0 Å². The van der Waals surface area contributed by atoms with Gasteiger partial charge in [-0.1, -0.05) is 31.2 Å². The standard InChI is InChI=1S/C18H23NO/c1-2-12-19-18(17-11-6-13-20-17)16-10-5-8-14-7-3-4-9-15(14)16/h3-4,6-7,9,11,13,16,18-19H,2,5,8,10,12H2,1H3. The van der Waals surface area contributed by atoms with Crippen molar-refractivity contribution >= 4 is 0 Å². The maximum atomic E-state index is 5.70. The lowest BCUT2D eigenvalue weighted by Crippen LogP contribution is -2.29. The van der Waals surface area contributed by atoms with Gasteiger partial charge < -0.3 is 9.73 Å². The molecule has 0 radical (unpaired) electrons. The molecule has 1 aromatic heterocycles. The molecule has 106 valence electrons. The number of benzene rings is 1. The third-order valence-electron chi connectivity index (χ3n) is 4.28. The van der Waals surface area contributed by atoms with Crippen molar-refractivity contribution in [3.8, 4) is 0 Å². The third kappa shape index (κ3) is 2.66. The zero-order valence-electron chi connectivity index (χ0n) is 12.1. The summed E-state index contributed by atoms with van der Waals surface area (Å²) in [6.07, 6.45) is 6.65. The van der Waals surface area contributed by atoms with Crippen LogP contribution in [0.25, 0.3) is 0 Å². The quantitative estimate of drug-likeness (QED) is 0.868. The Kier molecular flexibility index (Phi) is 4.22. The van der Waals surface area contributed by atoms with Gasteiger partial charge in [-0.25, -0.2) is 0 Å². The topological polar surface area (TPSA) is 25.2 Å². The molecule has 2 aromatic rings. The molecule has 0 bridgehead atoms. The van der Waals surface area contributed by atoms with E-state index in [4.69, 9.17) is 4.42 Å². The lowest BCUT2D eigenvalue weighted by molar-refractivity contribution is 0.341. The van der Waals surface area contributed by atoms with Crippen molar-refractivity contribution < 1.29 is 4.42 Å². The summed E-state index contributed by atoms with van der Waals surface area (Å²) in [5, 5.41) is 3.69. The van der Waals surface area contributed by atoms with E-state index in [9.17, 15) is 0 Å². The van der Waals surface area contributed by atoms with Gasteiger partial charge in [0.25, 0.3) is 0 Å². The summed E-state index contributed by atoms with van der Waals surface area (Å²) in [6, 6.07) is 13.3. The fourth-order valence-corrected chi connectivity index (χ4v) is 3.35. The van der Waals surface area contributed by atoms with Crippen LogP contribution in [0.15, 0.2) is 47.1 Å². The van der Waals surface area contributed by atoms with Crippen LogP contribution >= 0.6 is 0 Å². The van der Waals surface area contributed by atoms with Crippen molar-refractivity contribution in [3.63, 3.8) is 0 Å². The van der Waals surface area contributed by atoms with Gasteiger partial charge >= 0.3 is 0 Å². The minimum Gasteiger partial charge on any atom is -0.468 e. The van der Waals surface area contributed by atoms with Crippen LogP contribution in [0.4, 0.5) is 0 Å². The Hall–Kier alpha value is -1.54. The number of rotatable bonds is 5. The highest BCUT2D eigenvalue weighted by atomic mass is 16.3. The molecule has 1 heterocycles. The van der Waals surface area contributed by atoms with Gasteiger partial charge in [0.2, 0.25) is 0 Å². The van der Waals surface area contributed by atoms with E-state index in [2.05, 4.69) is 42.6 Å². The summed E-state index contributed by atoms with van der Waals surface area (Å²) >= 11 is 0. The zero-order valence-corrected chi connectivity index (χ0v) is 12.1. The van der Waals surface area contributed by atoms with Crippen LogP contribution in [0.5, 0.6) is 0 Å². The van der Waals surface area contributed by atoms with Crippen LogP contribution in [-0.4, -0.2) is 6.54 Å². The second-order valence-electron chi connectivity index (χ2n) is 5.64. The van der Waals surface area contributed by atoms with Crippen LogP contribution in [0.2, 0.25) is 0 Å². The van der Waals surface area contributed by atoms with Crippen molar-refractivity contribution in [1.29, 1.82) is 0 Å². The van der Waals surface area contributed by atoms with Crippen LogP contribution in [-0.2, 0) is 6.42 Å². The highest BCUT2D eigenvalue weighted by Crippen LogP contribution is 2.40. The van der Waals surface area contributed by atoms with Crippen molar-refractivity contribution in [2.24, 2.45) is 0 Å². The van der Waals surface area contributed by atoms with Gasteiger partial charge in [0, 0.05) is 5.92 Å². The monoisotopic (exact) mass is 269 g/mol. The van der Waals surface area contributed by atoms with Crippen molar-refractivity contribution in [1.82, 2.24) is 5.32 Å². The van der Waals surface area contributed by atoms with E-state index < -0.39 is 0 Å². The Labute approximate surface area is 121 Å². The van der Waals surface area contributed by atoms with E-state index in [0.717, 1.165) is 18.7 Å². The smallest absolute Gasteiger partial charge is 0.121 e. The van der Waals surface area contributed by atoms with E-state index in [1.54, 1.807) is 6.26 Å². The molecular weight excluding hydrogens is 246 g/mol. The average Bonchev–Trinajstić information content (AvgIpc) is 3.02. The summed E-state index contributed by atoms with van der Waals surface area (Å²) < 4.78 is 5.70. The minimum absolute atomic E-state index is 0.298. The SMILES string of the molecule is CCCNC(c1ccco1)C1CCCc2ccccc21. The number of hydrogen-bond donors (Lipinski definition) is 1. The van der Waals surface area contributed by atoms with Crippen LogP contribution in [0.3, 0.4) is 0 Å². The van der Waals surface area contributed by atoms with Gasteiger partial charge in [0.15, 0.2) is 0 Å². The maximum Gasteiger partial charge on any atom is 0.121 e. The number of fused-ring (bicyclic) bond motifs is 1. The lowest BCUT2D eigenvalue weighted by Gasteiger charge is -2.32. The molecule has 1 aliphatic carbocycles. The van der Waals surface area contributed by atoms with Gasteiger partial charge in [-0.05, 0) is 55.5 Å². The van der Waals surface area contributed by atoms with Gasteiger partial charge in [-0.2, -0.15) is 0 Å². The second-order valence-corrected chi connectivity index (χ2v) is 5.64. The summed E-state index contributed by atoms with van der Waals surface area (Å²) in [7, 11) is 0. The van der Waals surface area contributed by atoms with Crippen molar-refractivity contribution in [2.45, 2.75) is 44.6 Å². The van der Waals surface area contributed by atoms with E-state index in [1.165, 1.54) is 30.4 Å². The Morgan fingerprint density at radius 2 is 2.15 bits per heavy atom. The van der Waals surface area contributed by atoms with Crippen LogP contribution in [0, 0.1) is 0 Å². The molecule has 0 spiro atoms. The van der Waals surface area contributed by atoms with Gasteiger partial charge in [0.05, 0.1) is 12.3 Å².